The molecule has 0 unspecified atom stereocenters. The Hall–Kier alpha value is -0.780. The molecule has 0 aliphatic carbocycles. The predicted octanol–water partition coefficient (Wildman–Crippen LogP) is 1.62. The molecule has 1 aromatic heterocycles. The number of carbonyl (C=O) groups is 1. The molecule has 0 aromatic carbocycles. The van der Waals surface area contributed by atoms with Crippen molar-refractivity contribution in [2.45, 2.75) is 17.1 Å². The summed E-state index contributed by atoms with van der Waals surface area (Å²) in [4.78, 5) is 29.0. The Morgan fingerprint density at radius 1 is 1.47 bits per heavy atom. The van der Waals surface area contributed by atoms with Crippen molar-refractivity contribution < 1.29 is 9.53 Å². The van der Waals surface area contributed by atoms with Crippen molar-refractivity contribution in [3.63, 3.8) is 0 Å². The van der Waals surface area contributed by atoms with Crippen molar-refractivity contribution in [2.75, 3.05) is 7.11 Å². The number of hydrogen-bond donors (Lipinski definition) is 1. The van der Waals surface area contributed by atoms with Crippen LogP contribution in [0.2, 0.25) is 0 Å². The average Bonchev–Trinajstić information content (AvgIpc) is 2.21. The molecule has 17 heavy (non-hydrogen) atoms. The lowest BCUT2D eigenvalue weighted by molar-refractivity contribution is -0.139. The zero-order chi connectivity index (χ0) is 13.2. The first kappa shape index (κ1) is 14.3. The Labute approximate surface area is 112 Å². The highest BCUT2D eigenvalue weighted by molar-refractivity contribution is 6.66. The molecule has 1 aromatic rings. The van der Waals surface area contributed by atoms with Crippen LogP contribution in [0.25, 0.3) is 0 Å². The number of carbonyl (C=O) groups excluding carboxylic acids is 1. The molecule has 0 saturated carbocycles. The van der Waals surface area contributed by atoms with Crippen LogP contribution in [0, 0.1) is 6.92 Å². The Morgan fingerprint density at radius 2 is 2.06 bits per heavy atom. The number of esters is 1. The Bertz CT molecular complexity index is 493. The van der Waals surface area contributed by atoms with E-state index in [1.54, 1.807) is 6.92 Å². The molecule has 1 N–H and O–H groups in total. The zero-order valence-corrected chi connectivity index (χ0v) is 11.3. The largest absolute Gasteiger partial charge is 0.469 e. The first-order valence-corrected chi connectivity index (χ1v) is 5.63. The summed E-state index contributed by atoms with van der Waals surface area (Å²) >= 11 is 16.8. The number of rotatable bonds is 2. The highest BCUT2D eigenvalue weighted by Crippen LogP contribution is 2.35. The van der Waals surface area contributed by atoms with Gasteiger partial charge in [0.2, 0.25) is 3.79 Å². The molecule has 5 nitrogen and oxygen atoms in total. The van der Waals surface area contributed by atoms with E-state index in [2.05, 4.69) is 14.7 Å². The monoisotopic (exact) mass is 298 g/mol. The molecule has 0 bridgehead atoms. The number of nitrogens with one attached hydrogen (secondary N) is 1. The summed E-state index contributed by atoms with van der Waals surface area (Å²) in [5.74, 6) is -0.624. The summed E-state index contributed by atoms with van der Waals surface area (Å²) in [5, 5.41) is 0. The number of alkyl halides is 3. The Kier molecular flexibility index (Phi) is 4.41. The minimum atomic E-state index is -1.81. The van der Waals surface area contributed by atoms with E-state index in [0.29, 0.717) is 5.69 Å². The van der Waals surface area contributed by atoms with Crippen LogP contribution in [0.15, 0.2) is 4.79 Å². The van der Waals surface area contributed by atoms with E-state index in [-0.39, 0.29) is 17.8 Å². The average molecular weight is 300 g/mol. The summed E-state index contributed by atoms with van der Waals surface area (Å²) in [6, 6.07) is 0. The maximum absolute atomic E-state index is 11.7. The molecule has 0 amide bonds. The molecule has 1 rings (SSSR count). The van der Waals surface area contributed by atoms with Crippen molar-refractivity contribution in [3.05, 3.63) is 27.4 Å². The second kappa shape index (κ2) is 5.25. The lowest BCUT2D eigenvalue weighted by Gasteiger charge is -2.11. The van der Waals surface area contributed by atoms with Gasteiger partial charge in [-0.3, -0.25) is 9.59 Å². The molecule has 0 atom stereocenters. The third kappa shape index (κ3) is 3.59. The fourth-order valence-electron chi connectivity index (χ4n) is 1.17. The molecule has 8 heteroatoms. The third-order valence-electron chi connectivity index (χ3n) is 2.04. The Morgan fingerprint density at radius 3 is 2.47 bits per heavy atom. The maximum Gasteiger partial charge on any atom is 0.310 e. The summed E-state index contributed by atoms with van der Waals surface area (Å²) in [5.41, 5.74) is -0.0143. The topological polar surface area (TPSA) is 72.0 Å². The number of aromatic amines is 1. The quantitative estimate of drug-likeness (QED) is 0.665. The van der Waals surface area contributed by atoms with Gasteiger partial charge in [0.1, 0.15) is 0 Å². The van der Waals surface area contributed by atoms with Crippen molar-refractivity contribution in [1.29, 1.82) is 0 Å². The molecule has 1 heterocycles. The van der Waals surface area contributed by atoms with Crippen molar-refractivity contribution in [1.82, 2.24) is 9.97 Å². The van der Waals surface area contributed by atoms with E-state index >= 15 is 0 Å². The molecule has 0 aliphatic heterocycles. The predicted molar refractivity (Wildman–Crippen MR) is 64.6 cm³/mol. The number of methoxy groups -OCH3 is 1. The van der Waals surface area contributed by atoms with Crippen LogP contribution < -0.4 is 5.56 Å². The lowest BCUT2D eigenvalue weighted by Crippen LogP contribution is -2.24. The van der Waals surface area contributed by atoms with Crippen LogP contribution in [-0.4, -0.2) is 23.0 Å². The number of nitrogens with zero attached hydrogens (tertiary/aromatic N) is 1. The van der Waals surface area contributed by atoms with Gasteiger partial charge >= 0.3 is 5.97 Å². The van der Waals surface area contributed by atoms with Crippen LogP contribution in [0.1, 0.15) is 17.1 Å². The van der Waals surface area contributed by atoms with Crippen LogP contribution in [0.5, 0.6) is 0 Å². The van der Waals surface area contributed by atoms with Crippen LogP contribution in [0.3, 0.4) is 0 Å². The third-order valence-corrected chi connectivity index (χ3v) is 2.58. The molecule has 0 aliphatic rings. The SMILES string of the molecule is COC(=O)Cc1c(C)nc(C(Cl)(Cl)Cl)[nH]c1=O. The van der Waals surface area contributed by atoms with Gasteiger partial charge in [-0.25, -0.2) is 4.98 Å². The van der Waals surface area contributed by atoms with Crippen molar-refractivity contribution >= 4 is 40.8 Å². The van der Waals surface area contributed by atoms with Gasteiger partial charge in [0, 0.05) is 11.3 Å². The van der Waals surface area contributed by atoms with Crippen molar-refractivity contribution in [3.8, 4) is 0 Å². The van der Waals surface area contributed by atoms with E-state index in [4.69, 9.17) is 34.8 Å². The van der Waals surface area contributed by atoms with Gasteiger partial charge in [0.25, 0.3) is 5.56 Å². The van der Waals surface area contributed by atoms with Crippen LogP contribution in [-0.2, 0) is 19.7 Å². The van der Waals surface area contributed by atoms with E-state index < -0.39 is 15.3 Å². The minimum Gasteiger partial charge on any atom is -0.469 e. The standard InChI is InChI=1S/C9H9Cl3N2O3/c1-4-5(3-6(15)17-2)7(16)14-8(13-4)9(10,11)12/h3H2,1-2H3,(H,13,14,16). The highest BCUT2D eigenvalue weighted by atomic mass is 35.6. The van der Waals surface area contributed by atoms with Crippen molar-refractivity contribution in [2.24, 2.45) is 0 Å². The van der Waals surface area contributed by atoms with E-state index in [0.717, 1.165) is 0 Å². The number of ether oxygens (including phenoxy) is 1. The number of hydrogen-bond acceptors (Lipinski definition) is 4. The number of H-pyrrole nitrogens is 1. The second-order valence-electron chi connectivity index (χ2n) is 3.23. The molecular weight excluding hydrogens is 290 g/mol. The molecule has 94 valence electrons. The summed E-state index contributed by atoms with van der Waals surface area (Å²) in [6.07, 6.45) is -0.176. The fourth-order valence-corrected chi connectivity index (χ4v) is 1.44. The van der Waals surface area contributed by atoms with Gasteiger partial charge < -0.3 is 9.72 Å². The summed E-state index contributed by atoms with van der Waals surface area (Å²) < 4.78 is 2.65. The van der Waals surface area contributed by atoms with Gasteiger partial charge in [-0.05, 0) is 6.92 Å². The molecule has 0 spiro atoms. The van der Waals surface area contributed by atoms with Gasteiger partial charge in [-0.2, -0.15) is 0 Å². The Balaban J connectivity index is 3.21. The number of aromatic nitrogens is 2. The minimum absolute atomic E-state index is 0.0846. The highest BCUT2D eigenvalue weighted by Gasteiger charge is 2.27. The van der Waals surface area contributed by atoms with E-state index in [1.807, 2.05) is 0 Å². The fraction of sp³-hybridized carbons (Fsp3) is 0.444. The number of aryl methyl sites for hydroxylation is 1. The lowest BCUT2D eigenvalue weighted by atomic mass is 10.2. The molecule has 0 radical (unpaired) electrons. The van der Waals surface area contributed by atoms with Gasteiger partial charge in [0.05, 0.1) is 13.5 Å². The maximum atomic E-state index is 11.7. The van der Waals surface area contributed by atoms with Gasteiger partial charge in [-0.15, -0.1) is 0 Å². The zero-order valence-electron chi connectivity index (χ0n) is 9.01. The first-order valence-electron chi connectivity index (χ1n) is 4.49. The van der Waals surface area contributed by atoms with Crippen LogP contribution in [0.4, 0.5) is 0 Å². The first-order chi connectivity index (χ1) is 7.75. The second-order valence-corrected chi connectivity index (χ2v) is 5.51. The summed E-state index contributed by atoms with van der Waals surface area (Å²) in [6.45, 7) is 1.55. The number of halogens is 3. The van der Waals surface area contributed by atoms with Crippen LogP contribution >= 0.6 is 34.8 Å². The van der Waals surface area contributed by atoms with Gasteiger partial charge in [-0.1, -0.05) is 34.8 Å². The molecule has 0 fully saturated rings. The molecule has 0 saturated heterocycles. The summed E-state index contributed by atoms with van der Waals surface area (Å²) in [7, 11) is 1.23. The van der Waals surface area contributed by atoms with Gasteiger partial charge in [0.15, 0.2) is 5.82 Å². The van der Waals surface area contributed by atoms with E-state index in [1.165, 1.54) is 7.11 Å². The normalized spacial score (nSPS) is 11.4. The smallest absolute Gasteiger partial charge is 0.310 e. The molecular formula is C9H9Cl3N2O3. The van der Waals surface area contributed by atoms with E-state index in [9.17, 15) is 9.59 Å².